The van der Waals surface area contributed by atoms with E-state index >= 15 is 0 Å². The molecule has 2 N–H and O–H groups in total. The van der Waals surface area contributed by atoms with Crippen LogP contribution in [0.4, 0.5) is 0 Å². The molecule has 17 heavy (non-hydrogen) atoms. The van der Waals surface area contributed by atoms with Gasteiger partial charge in [-0.05, 0) is 12.8 Å². The fraction of sp³-hybridized carbons (Fsp3) is 1.00. The summed E-state index contributed by atoms with van der Waals surface area (Å²) in [7, 11) is -1.66. The number of piperidine rings is 1. The van der Waals surface area contributed by atoms with Crippen LogP contribution in [-0.2, 0) is 9.39 Å². The summed E-state index contributed by atoms with van der Waals surface area (Å²) in [5.41, 5.74) is 0. The van der Waals surface area contributed by atoms with Gasteiger partial charge in [-0.15, -0.1) is 0 Å². The third-order valence-electron chi connectivity index (χ3n) is 3.53. The zero-order valence-electron chi connectivity index (χ0n) is 10.1. The van der Waals surface area contributed by atoms with Gasteiger partial charge in [-0.3, -0.25) is 9.80 Å². The summed E-state index contributed by atoms with van der Waals surface area (Å²) < 4.78 is 10.1. The lowest BCUT2D eigenvalue weighted by Gasteiger charge is -2.39. The summed E-state index contributed by atoms with van der Waals surface area (Å²) in [6.45, 7) is 5.98. The summed E-state index contributed by atoms with van der Waals surface area (Å²) in [6, 6.07) is 0.647. The molecule has 2 heterocycles. The Morgan fingerprint density at radius 1 is 1.12 bits per heavy atom. The van der Waals surface area contributed by atoms with Crippen LogP contribution < -0.4 is 0 Å². The molecule has 0 aromatic rings. The number of nitrogens with zero attached hydrogens (tertiary/aromatic N) is 2. The highest BCUT2D eigenvalue weighted by Crippen LogP contribution is 2.17. The van der Waals surface area contributed by atoms with E-state index in [0.717, 1.165) is 52.2 Å². The minimum Gasteiger partial charge on any atom is -0.402 e. The van der Waals surface area contributed by atoms with Crippen molar-refractivity contribution in [2.75, 3.05) is 46.1 Å². The number of hydrogen-bond acceptors (Lipinski definition) is 6. The summed E-state index contributed by atoms with van der Waals surface area (Å²) in [5, 5.41) is 17.2. The number of rotatable bonds is 4. The predicted molar refractivity (Wildman–Crippen MR) is 63.1 cm³/mol. The lowest BCUT2D eigenvalue weighted by molar-refractivity contribution is -0.0101. The minimum atomic E-state index is -1.66. The van der Waals surface area contributed by atoms with Crippen LogP contribution in [0.25, 0.3) is 0 Å². The second-order valence-electron chi connectivity index (χ2n) is 4.62. The third-order valence-corrected chi connectivity index (χ3v) is 3.53. The van der Waals surface area contributed by atoms with E-state index < -0.39 is 7.32 Å². The Bertz CT molecular complexity index is 218. The molecule has 0 radical (unpaired) electrons. The molecule has 6 nitrogen and oxygen atoms in total. The molecule has 98 valence electrons. The predicted octanol–water partition coefficient (Wildman–Crippen LogP) is -1.27. The molecule has 2 saturated heterocycles. The molecule has 0 aromatic heterocycles. The smallest absolute Gasteiger partial charge is 0.402 e. The first kappa shape index (κ1) is 13.3. The van der Waals surface area contributed by atoms with E-state index in [1.807, 2.05) is 0 Å². The number of hydrogen-bond donors (Lipinski definition) is 2. The van der Waals surface area contributed by atoms with Crippen LogP contribution >= 0.6 is 0 Å². The molecular formula is C10H21BN2O4. The molecule has 2 fully saturated rings. The summed E-state index contributed by atoms with van der Waals surface area (Å²) in [4.78, 5) is 4.61. The zero-order chi connectivity index (χ0) is 12.1. The van der Waals surface area contributed by atoms with Gasteiger partial charge in [0.25, 0.3) is 0 Å². The third kappa shape index (κ3) is 4.20. The van der Waals surface area contributed by atoms with Crippen molar-refractivity contribution in [2.45, 2.75) is 18.9 Å². The molecule has 0 amide bonds. The van der Waals surface area contributed by atoms with Gasteiger partial charge < -0.3 is 19.4 Å². The molecule has 0 saturated carbocycles. The van der Waals surface area contributed by atoms with E-state index in [9.17, 15) is 0 Å². The van der Waals surface area contributed by atoms with Crippen molar-refractivity contribution < 1.29 is 19.4 Å². The Kier molecular flexibility index (Phi) is 5.21. The molecule has 2 rings (SSSR count). The van der Waals surface area contributed by atoms with Gasteiger partial charge in [-0.2, -0.15) is 0 Å². The molecule has 0 atom stereocenters. The Morgan fingerprint density at radius 2 is 1.76 bits per heavy atom. The number of likely N-dealkylation sites (tertiary alicyclic amines) is 1. The highest BCUT2D eigenvalue weighted by molar-refractivity contribution is 6.32. The zero-order valence-corrected chi connectivity index (χ0v) is 10.1. The van der Waals surface area contributed by atoms with E-state index in [2.05, 4.69) is 9.80 Å². The van der Waals surface area contributed by atoms with E-state index in [4.69, 9.17) is 19.4 Å². The quantitative estimate of drug-likeness (QED) is 0.601. The molecule has 2 aliphatic rings. The second kappa shape index (κ2) is 6.68. The van der Waals surface area contributed by atoms with Crippen LogP contribution in [0.1, 0.15) is 12.8 Å². The van der Waals surface area contributed by atoms with Gasteiger partial charge >= 0.3 is 7.32 Å². The molecule has 0 unspecified atom stereocenters. The van der Waals surface area contributed by atoms with Gasteiger partial charge in [-0.1, -0.05) is 0 Å². The van der Waals surface area contributed by atoms with Gasteiger partial charge in [0, 0.05) is 32.2 Å². The largest absolute Gasteiger partial charge is 0.634 e. The second-order valence-corrected chi connectivity index (χ2v) is 4.62. The highest BCUT2D eigenvalue weighted by atomic mass is 16.6. The van der Waals surface area contributed by atoms with Crippen molar-refractivity contribution in [3.63, 3.8) is 0 Å². The molecule has 7 heteroatoms. The van der Waals surface area contributed by atoms with E-state index in [0.29, 0.717) is 12.8 Å². The normalized spacial score (nSPS) is 25.1. The average Bonchev–Trinajstić information content (AvgIpc) is 2.38. The number of morpholine rings is 1. The van der Waals surface area contributed by atoms with Crippen molar-refractivity contribution in [3.8, 4) is 0 Å². The highest BCUT2D eigenvalue weighted by Gasteiger charge is 2.26. The Balaban J connectivity index is 1.66. The number of ether oxygens (including phenoxy) is 1. The first-order valence-corrected chi connectivity index (χ1v) is 6.27. The summed E-state index contributed by atoms with van der Waals surface area (Å²) in [5.74, 6) is 0. The SMILES string of the molecule is OB(O)OCN1CCC(N2CCOCC2)CC1. The van der Waals surface area contributed by atoms with Crippen molar-refractivity contribution in [1.82, 2.24) is 9.80 Å². The van der Waals surface area contributed by atoms with Crippen LogP contribution in [0, 0.1) is 0 Å². The summed E-state index contributed by atoms with van der Waals surface area (Å²) >= 11 is 0. The van der Waals surface area contributed by atoms with E-state index in [-0.39, 0.29) is 0 Å². The fourth-order valence-corrected chi connectivity index (χ4v) is 2.53. The lowest BCUT2D eigenvalue weighted by atomic mass is 10.0. The van der Waals surface area contributed by atoms with Gasteiger partial charge in [0.2, 0.25) is 0 Å². The van der Waals surface area contributed by atoms with E-state index in [1.54, 1.807) is 0 Å². The fourth-order valence-electron chi connectivity index (χ4n) is 2.53. The van der Waals surface area contributed by atoms with Crippen LogP contribution in [0.2, 0.25) is 0 Å². The van der Waals surface area contributed by atoms with E-state index in [1.165, 1.54) is 0 Å². The van der Waals surface area contributed by atoms with Crippen molar-refractivity contribution in [2.24, 2.45) is 0 Å². The van der Waals surface area contributed by atoms with Crippen LogP contribution in [-0.4, -0.2) is 79.3 Å². The summed E-state index contributed by atoms with van der Waals surface area (Å²) in [6.07, 6.45) is 2.23. The Hall–Kier alpha value is -0.175. The molecule has 0 aromatic carbocycles. The maximum atomic E-state index is 8.62. The lowest BCUT2D eigenvalue weighted by Crippen LogP contribution is -2.49. The molecule has 0 aliphatic carbocycles. The average molecular weight is 244 g/mol. The monoisotopic (exact) mass is 244 g/mol. The first-order chi connectivity index (χ1) is 8.25. The van der Waals surface area contributed by atoms with Gasteiger partial charge in [0.15, 0.2) is 0 Å². The maximum absolute atomic E-state index is 8.62. The van der Waals surface area contributed by atoms with Crippen molar-refractivity contribution in [1.29, 1.82) is 0 Å². The van der Waals surface area contributed by atoms with Gasteiger partial charge in [0.1, 0.15) is 0 Å². The molecule has 0 spiro atoms. The Morgan fingerprint density at radius 3 is 2.35 bits per heavy atom. The maximum Gasteiger partial charge on any atom is 0.634 e. The van der Waals surface area contributed by atoms with Crippen molar-refractivity contribution >= 4 is 7.32 Å². The van der Waals surface area contributed by atoms with Crippen LogP contribution in [0.3, 0.4) is 0 Å². The minimum absolute atomic E-state index is 0.299. The van der Waals surface area contributed by atoms with Crippen LogP contribution in [0.15, 0.2) is 0 Å². The standard InChI is InChI=1S/C10H21BN2O4/c14-11(15)17-9-12-3-1-10(2-4-12)13-5-7-16-8-6-13/h10,14-15H,1-9H2. The van der Waals surface area contributed by atoms with Crippen molar-refractivity contribution in [3.05, 3.63) is 0 Å². The molecular weight excluding hydrogens is 223 g/mol. The molecule has 2 aliphatic heterocycles. The Labute approximate surface area is 102 Å². The molecule has 0 bridgehead atoms. The van der Waals surface area contributed by atoms with Crippen LogP contribution in [0.5, 0.6) is 0 Å². The van der Waals surface area contributed by atoms with Gasteiger partial charge in [-0.25, -0.2) is 0 Å². The first-order valence-electron chi connectivity index (χ1n) is 6.27. The topological polar surface area (TPSA) is 65.4 Å². The van der Waals surface area contributed by atoms with Gasteiger partial charge in [0.05, 0.1) is 19.9 Å².